The SMILES string of the molecule is CC(C)(C)NS(=O)(=O)c1cc(NC(=O)C2CCCCN2)ccc1F.Cl. The average Bonchev–Trinajstić information content (AvgIpc) is 2.47. The lowest BCUT2D eigenvalue weighted by atomic mass is 10.0. The summed E-state index contributed by atoms with van der Waals surface area (Å²) in [7, 11) is -4.02. The van der Waals surface area contributed by atoms with Crippen LogP contribution >= 0.6 is 12.4 Å². The fourth-order valence-electron chi connectivity index (χ4n) is 2.55. The summed E-state index contributed by atoms with van der Waals surface area (Å²) in [4.78, 5) is 11.7. The third kappa shape index (κ3) is 6.22. The van der Waals surface area contributed by atoms with Crippen LogP contribution in [-0.2, 0) is 14.8 Å². The summed E-state index contributed by atoms with van der Waals surface area (Å²) >= 11 is 0. The van der Waals surface area contributed by atoms with E-state index in [-0.39, 0.29) is 30.0 Å². The molecule has 1 amide bonds. The van der Waals surface area contributed by atoms with Gasteiger partial charge in [-0.05, 0) is 58.4 Å². The van der Waals surface area contributed by atoms with Gasteiger partial charge < -0.3 is 10.6 Å². The number of halogens is 2. The van der Waals surface area contributed by atoms with Crippen LogP contribution in [0.4, 0.5) is 10.1 Å². The molecule has 0 radical (unpaired) electrons. The van der Waals surface area contributed by atoms with E-state index in [1.54, 1.807) is 20.8 Å². The predicted octanol–water partition coefficient (Wildman–Crippen LogP) is 2.40. The van der Waals surface area contributed by atoms with E-state index in [2.05, 4.69) is 15.4 Å². The monoisotopic (exact) mass is 393 g/mol. The third-order valence-corrected chi connectivity index (χ3v) is 5.33. The summed E-state index contributed by atoms with van der Waals surface area (Å²) in [6.07, 6.45) is 2.72. The van der Waals surface area contributed by atoms with Crippen molar-refractivity contribution < 1.29 is 17.6 Å². The topological polar surface area (TPSA) is 87.3 Å². The summed E-state index contributed by atoms with van der Waals surface area (Å²) in [5, 5.41) is 5.76. The maximum absolute atomic E-state index is 14.0. The van der Waals surface area contributed by atoms with Crippen LogP contribution in [0.1, 0.15) is 40.0 Å². The number of hydrogen-bond donors (Lipinski definition) is 3. The minimum Gasteiger partial charge on any atom is -0.325 e. The summed E-state index contributed by atoms with van der Waals surface area (Å²) in [5.74, 6) is -1.10. The van der Waals surface area contributed by atoms with Gasteiger partial charge in [-0.15, -0.1) is 12.4 Å². The molecule has 1 saturated heterocycles. The number of piperidine rings is 1. The van der Waals surface area contributed by atoms with Crippen molar-refractivity contribution in [2.24, 2.45) is 0 Å². The largest absolute Gasteiger partial charge is 0.325 e. The molecule has 142 valence electrons. The quantitative estimate of drug-likeness (QED) is 0.733. The van der Waals surface area contributed by atoms with Gasteiger partial charge in [0.25, 0.3) is 0 Å². The molecule has 1 heterocycles. The number of amides is 1. The molecule has 0 saturated carbocycles. The van der Waals surface area contributed by atoms with Crippen LogP contribution in [0.5, 0.6) is 0 Å². The normalized spacial score (nSPS) is 18.3. The Balaban J connectivity index is 0.00000312. The van der Waals surface area contributed by atoms with Crippen LogP contribution in [0.15, 0.2) is 23.1 Å². The summed E-state index contributed by atoms with van der Waals surface area (Å²) < 4.78 is 41.1. The lowest BCUT2D eigenvalue weighted by Gasteiger charge is -2.23. The number of benzene rings is 1. The molecule has 0 aromatic heterocycles. The fourth-order valence-corrected chi connectivity index (χ4v) is 4.07. The molecule has 1 aliphatic heterocycles. The van der Waals surface area contributed by atoms with Gasteiger partial charge in [0, 0.05) is 11.2 Å². The first-order valence-electron chi connectivity index (χ1n) is 7.96. The summed E-state index contributed by atoms with van der Waals surface area (Å²) in [6, 6.07) is 3.23. The van der Waals surface area contributed by atoms with E-state index < -0.39 is 26.3 Å². The maximum Gasteiger partial charge on any atom is 0.244 e. The first kappa shape index (κ1) is 21.8. The number of sulfonamides is 1. The van der Waals surface area contributed by atoms with Crippen molar-refractivity contribution in [1.82, 2.24) is 10.0 Å². The Morgan fingerprint density at radius 1 is 1.28 bits per heavy atom. The van der Waals surface area contributed by atoms with Gasteiger partial charge in [-0.25, -0.2) is 17.5 Å². The van der Waals surface area contributed by atoms with Crippen LogP contribution in [-0.4, -0.2) is 32.5 Å². The molecular formula is C16H25ClFN3O3S. The number of carbonyl (C=O) groups excluding carboxylic acids is 1. The van der Waals surface area contributed by atoms with Gasteiger partial charge in [0.15, 0.2) is 0 Å². The number of nitrogens with one attached hydrogen (secondary N) is 3. The highest BCUT2D eigenvalue weighted by molar-refractivity contribution is 7.89. The smallest absolute Gasteiger partial charge is 0.244 e. The highest BCUT2D eigenvalue weighted by atomic mass is 35.5. The molecule has 1 atom stereocenters. The Morgan fingerprint density at radius 2 is 1.96 bits per heavy atom. The zero-order valence-corrected chi connectivity index (χ0v) is 16.2. The van der Waals surface area contributed by atoms with Crippen LogP contribution in [0.3, 0.4) is 0 Å². The van der Waals surface area contributed by atoms with Crippen molar-refractivity contribution >= 4 is 34.0 Å². The molecular weight excluding hydrogens is 369 g/mol. The Bertz CT molecular complexity index is 714. The Hall–Kier alpha value is -1.22. The van der Waals surface area contributed by atoms with Crippen molar-refractivity contribution in [2.45, 2.75) is 56.5 Å². The van der Waals surface area contributed by atoms with Gasteiger partial charge >= 0.3 is 0 Å². The maximum atomic E-state index is 14.0. The van der Waals surface area contributed by atoms with Gasteiger partial charge in [-0.1, -0.05) is 6.42 Å². The summed E-state index contributed by atoms with van der Waals surface area (Å²) in [6.45, 7) is 5.78. The molecule has 9 heteroatoms. The second kappa shape index (κ2) is 8.44. The van der Waals surface area contributed by atoms with Crippen molar-refractivity contribution in [2.75, 3.05) is 11.9 Å². The van der Waals surface area contributed by atoms with Crippen LogP contribution in [0.25, 0.3) is 0 Å². The van der Waals surface area contributed by atoms with Gasteiger partial charge in [-0.2, -0.15) is 0 Å². The second-order valence-electron chi connectivity index (χ2n) is 6.99. The number of anilines is 1. The van der Waals surface area contributed by atoms with E-state index in [0.29, 0.717) is 0 Å². The zero-order valence-electron chi connectivity index (χ0n) is 14.6. The van der Waals surface area contributed by atoms with Gasteiger partial charge in [-0.3, -0.25) is 4.79 Å². The Morgan fingerprint density at radius 3 is 2.52 bits per heavy atom. The molecule has 6 nitrogen and oxygen atoms in total. The Kier molecular flexibility index (Phi) is 7.37. The van der Waals surface area contributed by atoms with Gasteiger partial charge in [0.1, 0.15) is 10.7 Å². The molecule has 0 aliphatic carbocycles. The number of carbonyl (C=O) groups is 1. The van der Waals surface area contributed by atoms with Gasteiger partial charge in [0.2, 0.25) is 15.9 Å². The third-order valence-electron chi connectivity index (χ3n) is 3.56. The molecule has 2 rings (SSSR count). The molecule has 1 fully saturated rings. The summed E-state index contributed by atoms with van der Waals surface area (Å²) in [5.41, 5.74) is -0.487. The van der Waals surface area contributed by atoms with Crippen molar-refractivity contribution in [1.29, 1.82) is 0 Å². The van der Waals surface area contributed by atoms with Crippen molar-refractivity contribution in [3.05, 3.63) is 24.0 Å². The minimum atomic E-state index is -4.02. The molecule has 3 N–H and O–H groups in total. The molecule has 1 aromatic carbocycles. The Labute approximate surface area is 154 Å². The molecule has 0 spiro atoms. The van der Waals surface area contributed by atoms with E-state index in [4.69, 9.17) is 0 Å². The van der Waals surface area contributed by atoms with Crippen LogP contribution in [0.2, 0.25) is 0 Å². The van der Waals surface area contributed by atoms with E-state index in [9.17, 15) is 17.6 Å². The molecule has 1 aromatic rings. The first-order valence-corrected chi connectivity index (χ1v) is 9.45. The predicted molar refractivity (Wildman–Crippen MR) is 98.0 cm³/mol. The highest BCUT2D eigenvalue weighted by Gasteiger charge is 2.26. The molecule has 1 unspecified atom stereocenters. The molecule has 25 heavy (non-hydrogen) atoms. The second-order valence-corrected chi connectivity index (χ2v) is 8.64. The van der Waals surface area contributed by atoms with E-state index in [1.807, 2.05) is 0 Å². The van der Waals surface area contributed by atoms with Crippen molar-refractivity contribution in [3.8, 4) is 0 Å². The van der Waals surface area contributed by atoms with Gasteiger partial charge in [0.05, 0.1) is 6.04 Å². The van der Waals surface area contributed by atoms with Crippen LogP contribution in [0, 0.1) is 5.82 Å². The number of rotatable bonds is 4. The average molecular weight is 394 g/mol. The van der Waals surface area contributed by atoms with E-state index in [0.717, 1.165) is 37.9 Å². The molecule has 1 aliphatic rings. The van der Waals surface area contributed by atoms with Crippen molar-refractivity contribution in [3.63, 3.8) is 0 Å². The van der Waals surface area contributed by atoms with E-state index >= 15 is 0 Å². The number of hydrogen-bond acceptors (Lipinski definition) is 4. The lowest BCUT2D eigenvalue weighted by molar-refractivity contribution is -0.118. The van der Waals surface area contributed by atoms with E-state index in [1.165, 1.54) is 6.07 Å². The molecule has 0 bridgehead atoms. The minimum absolute atomic E-state index is 0. The highest BCUT2D eigenvalue weighted by Crippen LogP contribution is 2.21. The standard InChI is InChI=1S/C16H24FN3O3S.ClH/c1-16(2,3)20-24(22,23)14-10-11(7-8-12(14)17)19-15(21)13-6-4-5-9-18-13;/h7-8,10,13,18,20H,4-6,9H2,1-3H3,(H,19,21);1H. The van der Waals surface area contributed by atoms with Crippen LogP contribution < -0.4 is 15.4 Å². The first-order chi connectivity index (χ1) is 11.1. The zero-order chi connectivity index (χ0) is 18.0. The lowest BCUT2D eigenvalue weighted by Crippen LogP contribution is -2.43. The fraction of sp³-hybridized carbons (Fsp3) is 0.562.